The summed E-state index contributed by atoms with van der Waals surface area (Å²) >= 11 is 1.19. The van der Waals surface area contributed by atoms with E-state index in [0.29, 0.717) is 10.1 Å². The number of nitrogens with zero attached hydrogens (tertiary/aromatic N) is 3. The van der Waals surface area contributed by atoms with Crippen molar-refractivity contribution in [2.45, 2.75) is 0 Å². The summed E-state index contributed by atoms with van der Waals surface area (Å²) in [5.74, 6) is 4.58. The summed E-state index contributed by atoms with van der Waals surface area (Å²) in [6, 6.07) is 9.51. The van der Waals surface area contributed by atoms with Crippen LogP contribution in [0, 0.1) is 11.8 Å². The third kappa shape index (κ3) is 3.11. The number of carboxylic acid groups (broad SMARTS) is 1. The quantitative estimate of drug-likeness (QED) is 0.719. The zero-order valence-corrected chi connectivity index (χ0v) is 11.8. The summed E-state index contributed by atoms with van der Waals surface area (Å²) in [5, 5.41) is 19.1. The van der Waals surface area contributed by atoms with Crippen LogP contribution in [0.25, 0.3) is 0 Å². The fraction of sp³-hybridized carbons (Fsp3) is 0. The molecule has 0 saturated heterocycles. The van der Waals surface area contributed by atoms with Crippen molar-refractivity contribution >= 4 is 17.3 Å². The highest BCUT2D eigenvalue weighted by atomic mass is 32.1. The van der Waals surface area contributed by atoms with E-state index >= 15 is 0 Å². The third-order valence-electron chi connectivity index (χ3n) is 2.50. The van der Waals surface area contributed by atoms with Gasteiger partial charge >= 0.3 is 5.97 Å². The number of ether oxygens (including phenoxy) is 1. The number of rotatable bonds is 3. The van der Waals surface area contributed by atoms with Crippen molar-refractivity contribution in [3.05, 3.63) is 52.8 Å². The number of carbonyl (C=O) groups is 1. The van der Waals surface area contributed by atoms with Gasteiger partial charge in [0.15, 0.2) is 5.01 Å². The minimum Gasteiger partial charge on any atom is -0.476 e. The number of aromatic carboxylic acids is 1. The van der Waals surface area contributed by atoms with E-state index < -0.39 is 5.97 Å². The number of aromatic nitrogens is 4. The molecule has 2 N–H and O–H groups in total. The summed E-state index contributed by atoms with van der Waals surface area (Å²) < 4.78 is 5.35. The molecule has 3 rings (SSSR count). The second-order valence-electron chi connectivity index (χ2n) is 4.00. The second kappa shape index (κ2) is 6.07. The van der Waals surface area contributed by atoms with Crippen molar-refractivity contribution in [2.75, 3.05) is 0 Å². The van der Waals surface area contributed by atoms with Gasteiger partial charge in [0.1, 0.15) is 0 Å². The minimum absolute atomic E-state index is 0.112. The molecule has 0 bridgehead atoms. The Kier molecular flexibility index (Phi) is 3.80. The first-order valence-corrected chi connectivity index (χ1v) is 6.89. The topological polar surface area (TPSA) is 101 Å². The van der Waals surface area contributed by atoms with Crippen LogP contribution in [0.4, 0.5) is 0 Å². The normalized spacial score (nSPS) is 9.82. The first kappa shape index (κ1) is 13.8. The number of hydrogen-bond donors (Lipinski definition) is 2. The standard InChI is InChI=1S/C14H8N4O3S/c19-14(20)12-13(17-18-16-12)21-11-8-15-10(22-11)7-6-9-4-2-1-3-5-9/h1-5,8H,(H,19,20)(H,16,17,18). The average Bonchev–Trinajstić information content (AvgIpc) is 3.16. The molecular weight excluding hydrogens is 304 g/mol. The van der Waals surface area contributed by atoms with Crippen molar-refractivity contribution in [1.29, 1.82) is 0 Å². The van der Waals surface area contributed by atoms with Gasteiger partial charge in [-0.05, 0) is 18.1 Å². The molecule has 0 saturated carbocycles. The van der Waals surface area contributed by atoms with Gasteiger partial charge in [-0.3, -0.25) is 0 Å². The van der Waals surface area contributed by atoms with Gasteiger partial charge in [0, 0.05) is 5.56 Å². The van der Waals surface area contributed by atoms with Gasteiger partial charge in [0.2, 0.25) is 10.8 Å². The SMILES string of the molecule is O=C(O)c1[nH]nnc1Oc1cnc(C#Cc2ccccc2)s1. The molecule has 0 atom stereocenters. The maximum atomic E-state index is 10.9. The molecule has 7 nitrogen and oxygen atoms in total. The maximum Gasteiger partial charge on any atom is 0.359 e. The molecule has 0 radical (unpaired) electrons. The number of hydrogen-bond acceptors (Lipinski definition) is 6. The van der Waals surface area contributed by atoms with Gasteiger partial charge in [-0.1, -0.05) is 45.8 Å². The second-order valence-corrected chi connectivity index (χ2v) is 4.99. The van der Waals surface area contributed by atoms with Crippen molar-refractivity contribution in [1.82, 2.24) is 20.4 Å². The molecule has 0 aliphatic carbocycles. The summed E-state index contributed by atoms with van der Waals surface area (Å²) in [4.78, 5) is 15.0. The number of thiazole rings is 1. The van der Waals surface area contributed by atoms with Crippen LogP contribution in [0.1, 0.15) is 21.1 Å². The van der Waals surface area contributed by atoms with Crippen LogP contribution in [0.15, 0.2) is 36.5 Å². The van der Waals surface area contributed by atoms with Gasteiger partial charge < -0.3 is 9.84 Å². The first-order chi connectivity index (χ1) is 10.7. The Balaban J connectivity index is 1.76. The van der Waals surface area contributed by atoms with Crippen LogP contribution in [0.2, 0.25) is 0 Å². The molecule has 108 valence electrons. The van der Waals surface area contributed by atoms with Crippen LogP contribution in [-0.2, 0) is 0 Å². The van der Waals surface area contributed by atoms with Crippen LogP contribution in [0.5, 0.6) is 10.9 Å². The molecule has 0 amide bonds. The van der Waals surface area contributed by atoms with E-state index in [0.717, 1.165) is 5.56 Å². The molecule has 3 aromatic rings. The highest BCUT2D eigenvalue weighted by molar-refractivity contribution is 7.14. The summed E-state index contributed by atoms with van der Waals surface area (Å²) in [6.07, 6.45) is 1.46. The zero-order valence-electron chi connectivity index (χ0n) is 11.0. The predicted molar refractivity (Wildman–Crippen MR) is 78.0 cm³/mol. The summed E-state index contributed by atoms with van der Waals surface area (Å²) in [5.41, 5.74) is 0.662. The molecule has 22 heavy (non-hydrogen) atoms. The Bertz CT molecular complexity index is 861. The molecular formula is C14H8N4O3S. The van der Waals surface area contributed by atoms with E-state index in [-0.39, 0.29) is 11.6 Å². The number of benzene rings is 1. The van der Waals surface area contributed by atoms with Crippen molar-refractivity contribution in [2.24, 2.45) is 0 Å². The predicted octanol–water partition coefficient (Wildman–Crippen LogP) is 2.15. The number of aromatic amines is 1. The summed E-state index contributed by atoms with van der Waals surface area (Å²) in [7, 11) is 0. The van der Waals surface area contributed by atoms with Gasteiger partial charge in [0.05, 0.1) is 6.20 Å². The van der Waals surface area contributed by atoms with E-state index in [1.807, 2.05) is 30.3 Å². The van der Waals surface area contributed by atoms with E-state index in [9.17, 15) is 4.79 Å². The van der Waals surface area contributed by atoms with E-state index in [1.54, 1.807) is 0 Å². The Labute approximate surface area is 128 Å². The van der Waals surface area contributed by atoms with Crippen molar-refractivity contribution in [3.63, 3.8) is 0 Å². The minimum atomic E-state index is -1.20. The van der Waals surface area contributed by atoms with E-state index in [2.05, 4.69) is 32.2 Å². The zero-order chi connectivity index (χ0) is 15.4. The highest BCUT2D eigenvalue weighted by Gasteiger charge is 2.17. The average molecular weight is 312 g/mol. The lowest BCUT2D eigenvalue weighted by Crippen LogP contribution is -1.99. The Morgan fingerprint density at radius 2 is 2.09 bits per heavy atom. The van der Waals surface area contributed by atoms with Gasteiger partial charge in [-0.15, -0.1) is 0 Å². The smallest absolute Gasteiger partial charge is 0.359 e. The van der Waals surface area contributed by atoms with Crippen LogP contribution >= 0.6 is 11.3 Å². The van der Waals surface area contributed by atoms with E-state index in [4.69, 9.17) is 9.84 Å². The molecule has 1 aromatic carbocycles. The lowest BCUT2D eigenvalue weighted by molar-refractivity contribution is 0.0687. The molecule has 8 heteroatoms. The number of nitrogens with one attached hydrogen (secondary N) is 1. The van der Waals surface area contributed by atoms with Gasteiger partial charge in [-0.25, -0.2) is 14.9 Å². The fourth-order valence-electron chi connectivity index (χ4n) is 1.54. The number of H-pyrrole nitrogens is 1. The molecule has 0 spiro atoms. The Morgan fingerprint density at radius 3 is 2.86 bits per heavy atom. The van der Waals surface area contributed by atoms with E-state index in [1.165, 1.54) is 17.5 Å². The molecule has 0 aliphatic rings. The number of carboxylic acids is 1. The first-order valence-electron chi connectivity index (χ1n) is 6.07. The lowest BCUT2D eigenvalue weighted by atomic mass is 10.2. The largest absolute Gasteiger partial charge is 0.476 e. The molecule has 0 fully saturated rings. The molecule has 0 aliphatic heterocycles. The molecule has 2 aromatic heterocycles. The molecule has 0 unspecified atom stereocenters. The van der Waals surface area contributed by atoms with Crippen molar-refractivity contribution < 1.29 is 14.6 Å². The van der Waals surface area contributed by atoms with Crippen LogP contribution in [0.3, 0.4) is 0 Å². The van der Waals surface area contributed by atoms with Crippen LogP contribution < -0.4 is 4.74 Å². The summed E-state index contributed by atoms with van der Waals surface area (Å²) in [6.45, 7) is 0. The van der Waals surface area contributed by atoms with Gasteiger partial charge in [0.25, 0.3) is 5.88 Å². The van der Waals surface area contributed by atoms with Crippen LogP contribution in [-0.4, -0.2) is 31.5 Å². The third-order valence-corrected chi connectivity index (χ3v) is 3.29. The lowest BCUT2D eigenvalue weighted by Gasteiger charge is -1.96. The fourth-order valence-corrected chi connectivity index (χ4v) is 2.16. The maximum absolute atomic E-state index is 10.9. The Hall–Kier alpha value is -3.18. The van der Waals surface area contributed by atoms with Crippen molar-refractivity contribution in [3.8, 4) is 22.8 Å². The van der Waals surface area contributed by atoms with Gasteiger partial charge in [-0.2, -0.15) is 0 Å². The highest BCUT2D eigenvalue weighted by Crippen LogP contribution is 2.27. The Morgan fingerprint density at radius 1 is 1.27 bits per heavy atom. The monoisotopic (exact) mass is 312 g/mol. The molecule has 2 heterocycles.